The van der Waals surface area contributed by atoms with Crippen LogP contribution in [0.1, 0.15) is 41.6 Å². The molecule has 216 valence electrons. The number of piperidine rings is 1. The van der Waals surface area contributed by atoms with E-state index in [-0.39, 0.29) is 10.5 Å². The van der Waals surface area contributed by atoms with Gasteiger partial charge in [-0.2, -0.15) is 5.10 Å². The summed E-state index contributed by atoms with van der Waals surface area (Å²) in [6, 6.07) is 17.7. The van der Waals surface area contributed by atoms with E-state index in [9.17, 15) is 18.0 Å². The van der Waals surface area contributed by atoms with Gasteiger partial charge in [0.15, 0.2) is 0 Å². The lowest BCUT2D eigenvalue weighted by Gasteiger charge is -2.43. The van der Waals surface area contributed by atoms with Crippen molar-refractivity contribution in [1.82, 2.24) is 19.6 Å². The van der Waals surface area contributed by atoms with Crippen LogP contribution < -0.4 is 20.4 Å². The second-order valence-corrected chi connectivity index (χ2v) is 12.4. The van der Waals surface area contributed by atoms with Crippen LogP contribution in [0.25, 0.3) is 0 Å². The molecular formula is C30H35N5O5S. The molecule has 41 heavy (non-hydrogen) atoms. The van der Waals surface area contributed by atoms with Crippen LogP contribution in [0.15, 0.2) is 75.5 Å². The number of aromatic nitrogens is 1. The number of amides is 1. The zero-order chi connectivity index (χ0) is 29.0. The van der Waals surface area contributed by atoms with Gasteiger partial charge in [0.05, 0.1) is 24.3 Å². The minimum absolute atomic E-state index is 0.0760. The fraction of sp³-hybridized carbons (Fsp3) is 0.367. The van der Waals surface area contributed by atoms with E-state index in [4.69, 9.17) is 4.74 Å². The standard InChI is InChI=1S/C30H35N5O5S/c1-3-40-28-12-9-22(15-31-33-29(36)16-32-41(38,39)26-10-7-21(2)8-11-26)13-25(28)20-34-17-23-14-24(19-34)27-5-4-6-30(37)35(27)18-23/h4-13,15,23-24,32H,3,14,16-20H2,1-2H3,(H,33,36)/b31-15-/t23-,24+/m1/s1. The largest absolute Gasteiger partial charge is 0.494 e. The molecule has 0 aliphatic carbocycles. The monoisotopic (exact) mass is 577 g/mol. The highest BCUT2D eigenvalue weighted by Crippen LogP contribution is 2.36. The van der Waals surface area contributed by atoms with Crippen molar-refractivity contribution in [3.05, 3.63) is 93.4 Å². The van der Waals surface area contributed by atoms with E-state index in [0.717, 1.165) is 54.2 Å². The number of ether oxygens (including phenoxy) is 1. The third-order valence-corrected chi connectivity index (χ3v) is 8.91. The average molecular weight is 578 g/mol. The number of fused-ring (bicyclic) bond motifs is 4. The van der Waals surface area contributed by atoms with Gasteiger partial charge in [-0.3, -0.25) is 14.5 Å². The SMILES string of the molecule is CCOc1ccc(/C=N\NC(=O)CNS(=O)(=O)c2ccc(C)cc2)cc1CN1C[C@H]2C[C@@H](C1)c1cccc(=O)n1C2. The van der Waals surface area contributed by atoms with Gasteiger partial charge < -0.3 is 9.30 Å². The molecule has 0 saturated carbocycles. The van der Waals surface area contributed by atoms with Crippen molar-refractivity contribution in [2.45, 2.75) is 44.2 Å². The van der Waals surface area contributed by atoms with Crippen LogP contribution in [0, 0.1) is 12.8 Å². The highest BCUT2D eigenvalue weighted by molar-refractivity contribution is 7.89. The van der Waals surface area contributed by atoms with Crippen LogP contribution in [0.3, 0.4) is 0 Å². The van der Waals surface area contributed by atoms with E-state index in [2.05, 4.69) is 26.2 Å². The Morgan fingerprint density at radius 2 is 1.90 bits per heavy atom. The molecule has 5 rings (SSSR count). The van der Waals surface area contributed by atoms with Gasteiger partial charge in [0.1, 0.15) is 5.75 Å². The smallest absolute Gasteiger partial charge is 0.255 e. The van der Waals surface area contributed by atoms with Gasteiger partial charge in [-0.25, -0.2) is 18.6 Å². The first-order chi connectivity index (χ1) is 19.7. The maximum atomic E-state index is 12.4. The van der Waals surface area contributed by atoms with Crippen molar-refractivity contribution in [3.8, 4) is 5.75 Å². The number of hydrogen-bond donors (Lipinski definition) is 2. The maximum absolute atomic E-state index is 12.4. The molecule has 2 aromatic carbocycles. The van der Waals surface area contributed by atoms with E-state index in [0.29, 0.717) is 25.0 Å². The Morgan fingerprint density at radius 3 is 2.68 bits per heavy atom. The summed E-state index contributed by atoms with van der Waals surface area (Å²) in [5.41, 5.74) is 6.30. The number of pyridine rings is 1. The second kappa shape index (κ2) is 12.4. The number of hydrogen-bond acceptors (Lipinski definition) is 7. The van der Waals surface area contributed by atoms with Crippen molar-refractivity contribution in [2.75, 3.05) is 26.2 Å². The molecule has 1 aromatic heterocycles. The number of carbonyl (C=O) groups excluding carboxylic acids is 1. The summed E-state index contributed by atoms with van der Waals surface area (Å²) in [5.74, 6) is 0.949. The number of nitrogens with one attached hydrogen (secondary N) is 2. The molecule has 10 nitrogen and oxygen atoms in total. The lowest BCUT2D eigenvalue weighted by Crippen LogP contribution is -2.46. The van der Waals surface area contributed by atoms with Crippen molar-refractivity contribution >= 4 is 22.1 Å². The summed E-state index contributed by atoms with van der Waals surface area (Å²) in [4.78, 5) is 27.1. The normalized spacial score (nSPS) is 18.7. The molecule has 0 radical (unpaired) electrons. The molecule has 2 bridgehead atoms. The molecule has 1 fully saturated rings. The third-order valence-electron chi connectivity index (χ3n) is 7.49. The van der Waals surface area contributed by atoms with E-state index in [1.54, 1.807) is 18.2 Å². The number of sulfonamides is 1. The van der Waals surface area contributed by atoms with Gasteiger partial charge in [0.2, 0.25) is 10.0 Å². The molecule has 1 saturated heterocycles. The number of likely N-dealkylation sites (tertiary alicyclic amines) is 1. The lowest BCUT2D eigenvalue weighted by molar-refractivity contribution is -0.119. The molecule has 1 amide bonds. The number of rotatable bonds is 10. The molecule has 2 aliphatic rings. The Hall–Kier alpha value is -3.80. The second-order valence-electron chi connectivity index (χ2n) is 10.6. The number of carbonyl (C=O) groups is 1. The summed E-state index contributed by atoms with van der Waals surface area (Å²) < 4.78 is 34.9. The summed E-state index contributed by atoms with van der Waals surface area (Å²) >= 11 is 0. The first kappa shape index (κ1) is 28.7. The molecular weight excluding hydrogens is 542 g/mol. The Kier molecular flexibility index (Phi) is 8.67. The maximum Gasteiger partial charge on any atom is 0.255 e. The van der Waals surface area contributed by atoms with Crippen LogP contribution in [-0.4, -0.2) is 56.2 Å². The van der Waals surface area contributed by atoms with E-state index >= 15 is 0 Å². The van der Waals surface area contributed by atoms with Gasteiger partial charge in [-0.05, 0) is 68.1 Å². The van der Waals surface area contributed by atoms with E-state index in [1.807, 2.05) is 42.7 Å². The van der Waals surface area contributed by atoms with Crippen LogP contribution in [0.2, 0.25) is 0 Å². The van der Waals surface area contributed by atoms with Gasteiger partial charge in [0, 0.05) is 49.4 Å². The highest BCUT2D eigenvalue weighted by Gasteiger charge is 2.34. The van der Waals surface area contributed by atoms with Gasteiger partial charge >= 0.3 is 0 Å². The van der Waals surface area contributed by atoms with E-state index < -0.39 is 22.5 Å². The topological polar surface area (TPSA) is 122 Å². The van der Waals surface area contributed by atoms with Crippen molar-refractivity contribution in [1.29, 1.82) is 0 Å². The average Bonchev–Trinajstić information content (AvgIpc) is 2.94. The Morgan fingerprint density at radius 1 is 1.10 bits per heavy atom. The number of nitrogens with zero attached hydrogens (tertiary/aromatic N) is 3. The number of hydrazone groups is 1. The van der Waals surface area contributed by atoms with Crippen LogP contribution in [-0.2, 0) is 27.9 Å². The van der Waals surface area contributed by atoms with Crippen LogP contribution in [0.5, 0.6) is 5.75 Å². The Bertz CT molecular complexity index is 1600. The molecule has 0 spiro atoms. The predicted molar refractivity (Wildman–Crippen MR) is 157 cm³/mol. The zero-order valence-corrected chi connectivity index (χ0v) is 24.1. The molecule has 2 N–H and O–H groups in total. The minimum Gasteiger partial charge on any atom is -0.494 e. The number of benzene rings is 2. The molecule has 2 aliphatic heterocycles. The summed E-state index contributed by atoms with van der Waals surface area (Å²) in [6.07, 6.45) is 2.62. The predicted octanol–water partition coefficient (Wildman–Crippen LogP) is 2.60. The van der Waals surface area contributed by atoms with Crippen LogP contribution in [0.4, 0.5) is 0 Å². The molecule has 3 aromatic rings. The van der Waals surface area contributed by atoms with Gasteiger partial charge in [-0.15, -0.1) is 0 Å². The summed E-state index contributed by atoms with van der Waals surface area (Å²) in [7, 11) is -3.80. The first-order valence-corrected chi connectivity index (χ1v) is 15.3. The third kappa shape index (κ3) is 6.92. The van der Waals surface area contributed by atoms with Gasteiger partial charge in [-0.1, -0.05) is 23.8 Å². The van der Waals surface area contributed by atoms with E-state index in [1.165, 1.54) is 18.3 Å². The van der Waals surface area contributed by atoms with Gasteiger partial charge in [0.25, 0.3) is 11.5 Å². The minimum atomic E-state index is -3.80. The molecule has 2 atom stereocenters. The zero-order valence-electron chi connectivity index (χ0n) is 23.2. The lowest BCUT2D eigenvalue weighted by atomic mass is 9.83. The van der Waals surface area contributed by atoms with Crippen LogP contribution >= 0.6 is 0 Å². The fourth-order valence-corrected chi connectivity index (χ4v) is 6.63. The van der Waals surface area contributed by atoms with Crippen molar-refractivity contribution in [2.24, 2.45) is 11.0 Å². The molecule has 3 heterocycles. The number of aryl methyl sites for hydroxylation is 1. The Labute approximate surface area is 240 Å². The summed E-state index contributed by atoms with van der Waals surface area (Å²) in [6.45, 7) is 7.10. The van der Waals surface area contributed by atoms with Crippen molar-refractivity contribution < 1.29 is 17.9 Å². The fourth-order valence-electron chi connectivity index (χ4n) is 5.64. The highest BCUT2D eigenvalue weighted by atomic mass is 32.2. The molecule has 11 heteroatoms. The molecule has 0 unspecified atom stereocenters. The van der Waals surface area contributed by atoms with Crippen molar-refractivity contribution in [3.63, 3.8) is 0 Å². The quantitative estimate of drug-likeness (QED) is 0.282. The first-order valence-electron chi connectivity index (χ1n) is 13.8. The Balaban J connectivity index is 1.21. The summed E-state index contributed by atoms with van der Waals surface area (Å²) in [5, 5.41) is 4.02.